The van der Waals surface area contributed by atoms with Gasteiger partial charge in [0.05, 0.1) is 0 Å². The lowest BCUT2D eigenvalue weighted by Gasteiger charge is -2.33. The third-order valence-electron chi connectivity index (χ3n) is 6.07. The minimum absolute atomic E-state index is 0.217. The molecular weight excluding hydrogens is 393 g/mol. The van der Waals surface area contributed by atoms with Crippen LogP contribution in [0.4, 0.5) is 8.78 Å². The van der Waals surface area contributed by atoms with Gasteiger partial charge in [-0.25, -0.2) is 8.78 Å². The molecule has 1 aliphatic rings. The van der Waals surface area contributed by atoms with Crippen LogP contribution in [0.5, 0.6) is 0 Å². The average Bonchev–Trinajstić information content (AvgIpc) is 2.69. The predicted octanol–water partition coefficient (Wildman–Crippen LogP) is 2.42. The van der Waals surface area contributed by atoms with E-state index < -0.39 is 30.3 Å². The summed E-state index contributed by atoms with van der Waals surface area (Å²) in [6.45, 7) is 2.57. The molecule has 0 aliphatic carbocycles. The maximum absolute atomic E-state index is 13.4. The highest BCUT2D eigenvalue weighted by Gasteiger charge is 2.33. The van der Waals surface area contributed by atoms with Gasteiger partial charge < -0.3 is 25.8 Å². The van der Waals surface area contributed by atoms with Crippen LogP contribution < -0.4 is 5.73 Å². The quantitative estimate of drug-likeness (QED) is 0.302. The molecule has 1 unspecified atom stereocenters. The molecule has 9 heteroatoms. The zero-order chi connectivity index (χ0) is 22.1. The third-order valence-corrected chi connectivity index (χ3v) is 6.07. The molecule has 0 radical (unpaired) electrons. The minimum Gasteiger partial charge on any atom is -0.480 e. The molecule has 0 amide bonds. The summed E-state index contributed by atoms with van der Waals surface area (Å²) in [5.74, 6) is -2.21. The lowest BCUT2D eigenvalue weighted by molar-refractivity contribution is -0.144. The van der Waals surface area contributed by atoms with E-state index in [-0.39, 0.29) is 6.32 Å². The first-order valence-electron chi connectivity index (χ1n) is 10.7. The molecule has 2 rings (SSSR count). The normalized spacial score (nSPS) is 17.6. The molecular formula is C21H33BF2N2O4. The Kier molecular flexibility index (Phi) is 9.68. The first-order valence-corrected chi connectivity index (χ1v) is 10.7. The Labute approximate surface area is 177 Å². The van der Waals surface area contributed by atoms with Crippen LogP contribution >= 0.6 is 0 Å². The van der Waals surface area contributed by atoms with Crippen molar-refractivity contribution in [3.8, 4) is 0 Å². The van der Waals surface area contributed by atoms with Gasteiger partial charge in [0.1, 0.15) is 5.54 Å². The number of aliphatic carboxylic acids is 1. The summed E-state index contributed by atoms with van der Waals surface area (Å²) in [4.78, 5) is 13.9. The van der Waals surface area contributed by atoms with Crippen LogP contribution in [0.2, 0.25) is 6.32 Å². The van der Waals surface area contributed by atoms with Crippen molar-refractivity contribution < 1.29 is 28.7 Å². The summed E-state index contributed by atoms with van der Waals surface area (Å²) in [5, 5.41) is 27.2. The van der Waals surface area contributed by atoms with Gasteiger partial charge in [-0.15, -0.1) is 0 Å². The molecule has 1 saturated heterocycles. The Morgan fingerprint density at radius 3 is 2.40 bits per heavy atom. The van der Waals surface area contributed by atoms with E-state index in [1.54, 1.807) is 6.07 Å². The highest BCUT2D eigenvalue weighted by atomic mass is 19.2. The fourth-order valence-electron chi connectivity index (χ4n) is 4.14. The number of nitrogens with zero attached hydrogens (tertiary/aromatic N) is 1. The number of benzene rings is 1. The van der Waals surface area contributed by atoms with E-state index in [1.807, 2.05) is 0 Å². The van der Waals surface area contributed by atoms with E-state index >= 15 is 0 Å². The van der Waals surface area contributed by atoms with Crippen LogP contribution in [0.3, 0.4) is 0 Å². The maximum atomic E-state index is 13.4. The molecule has 1 heterocycles. The molecule has 0 spiro atoms. The second-order valence-electron chi connectivity index (χ2n) is 8.53. The van der Waals surface area contributed by atoms with Crippen LogP contribution in [0.25, 0.3) is 0 Å². The second kappa shape index (κ2) is 11.7. The molecule has 1 aliphatic heterocycles. The molecule has 6 nitrogen and oxygen atoms in total. The molecule has 0 aromatic heterocycles. The first kappa shape index (κ1) is 24.7. The van der Waals surface area contributed by atoms with Gasteiger partial charge in [0.25, 0.3) is 0 Å². The summed E-state index contributed by atoms with van der Waals surface area (Å²) >= 11 is 0. The summed E-state index contributed by atoms with van der Waals surface area (Å²) in [5.41, 5.74) is 5.63. The molecule has 168 valence electrons. The van der Waals surface area contributed by atoms with Gasteiger partial charge >= 0.3 is 13.1 Å². The molecule has 1 fully saturated rings. The number of hydrogen-bond donors (Lipinski definition) is 4. The fraction of sp³-hybridized carbons (Fsp3) is 0.667. The number of halogens is 2. The SMILES string of the molecule is NC(CCCCB(O)O)(CCCN1CCC(Cc2ccc(F)c(F)c2)CC1)C(=O)O. The van der Waals surface area contributed by atoms with E-state index in [2.05, 4.69) is 4.90 Å². The Morgan fingerprint density at radius 2 is 1.80 bits per heavy atom. The van der Waals surface area contributed by atoms with Gasteiger partial charge in [-0.1, -0.05) is 18.9 Å². The minimum atomic E-state index is -1.37. The number of likely N-dealkylation sites (tertiary alicyclic amines) is 1. The molecule has 1 atom stereocenters. The van der Waals surface area contributed by atoms with Crippen molar-refractivity contribution in [3.05, 3.63) is 35.4 Å². The highest BCUT2D eigenvalue weighted by Crippen LogP contribution is 2.24. The van der Waals surface area contributed by atoms with Crippen LogP contribution in [-0.2, 0) is 11.2 Å². The standard InChI is InChI=1S/C21H33BF2N2O4/c23-18-5-4-17(15-19(18)24)14-16-6-12-26(13-7-16)11-3-9-21(25,20(27)28)8-1-2-10-22(29)30/h4-5,15-16,29-30H,1-3,6-14,25H2,(H,27,28). The summed E-state index contributed by atoms with van der Waals surface area (Å²) in [6, 6.07) is 4.09. The lowest BCUT2D eigenvalue weighted by atomic mass is 9.81. The van der Waals surface area contributed by atoms with Crippen LogP contribution in [0.15, 0.2) is 18.2 Å². The van der Waals surface area contributed by atoms with Gasteiger partial charge in [-0.3, -0.25) is 4.79 Å². The van der Waals surface area contributed by atoms with Crippen LogP contribution in [0, 0.1) is 17.6 Å². The number of hydrogen-bond acceptors (Lipinski definition) is 5. The predicted molar refractivity (Wildman–Crippen MR) is 112 cm³/mol. The molecule has 1 aromatic carbocycles. The van der Waals surface area contributed by atoms with Crippen molar-refractivity contribution in [3.63, 3.8) is 0 Å². The summed E-state index contributed by atoms with van der Waals surface area (Å²) < 4.78 is 26.4. The van der Waals surface area contributed by atoms with E-state index in [0.29, 0.717) is 38.0 Å². The highest BCUT2D eigenvalue weighted by molar-refractivity contribution is 6.40. The first-order chi connectivity index (χ1) is 14.2. The zero-order valence-electron chi connectivity index (χ0n) is 17.4. The number of unbranched alkanes of at least 4 members (excludes halogenated alkanes) is 1. The smallest absolute Gasteiger partial charge is 0.451 e. The Bertz CT molecular complexity index is 687. The zero-order valence-corrected chi connectivity index (χ0v) is 17.4. The molecule has 0 bridgehead atoms. The fourth-order valence-corrected chi connectivity index (χ4v) is 4.14. The number of carbonyl (C=O) groups is 1. The summed E-state index contributed by atoms with van der Waals surface area (Å²) in [6.07, 6.45) is 5.31. The summed E-state index contributed by atoms with van der Waals surface area (Å²) in [7, 11) is -1.37. The van der Waals surface area contributed by atoms with Gasteiger partial charge in [0, 0.05) is 0 Å². The van der Waals surface area contributed by atoms with Gasteiger partial charge in [0.2, 0.25) is 0 Å². The molecule has 1 aromatic rings. The van der Waals surface area contributed by atoms with Crippen molar-refractivity contribution in [2.75, 3.05) is 19.6 Å². The number of carboxylic acids is 1. The molecule has 30 heavy (non-hydrogen) atoms. The number of nitrogens with two attached hydrogens (primary N) is 1. The van der Waals surface area contributed by atoms with Crippen molar-refractivity contribution in [2.45, 2.75) is 63.2 Å². The topological polar surface area (TPSA) is 107 Å². The van der Waals surface area contributed by atoms with E-state index in [0.717, 1.165) is 44.5 Å². The van der Waals surface area contributed by atoms with Gasteiger partial charge in [0.15, 0.2) is 11.6 Å². The second-order valence-corrected chi connectivity index (χ2v) is 8.53. The van der Waals surface area contributed by atoms with Gasteiger partial charge in [-0.2, -0.15) is 0 Å². The van der Waals surface area contributed by atoms with Crippen molar-refractivity contribution in [2.24, 2.45) is 11.7 Å². The van der Waals surface area contributed by atoms with Crippen molar-refractivity contribution >= 4 is 13.1 Å². The Hall–Kier alpha value is -1.55. The number of carboxylic acid groups (broad SMARTS) is 1. The van der Waals surface area contributed by atoms with Crippen molar-refractivity contribution in [1.82, 2.24) is 4.90 Å². The van der Waals surface area contributed by atoms with E-state index in [9.17, 15) is 18.7 Å². The van der Waals surface area contributed by atoms with Gasteiger partial charge in [-0.05, 0) is 88.1 Å². The third kappa shape index (κ3) is 7.94. The Morgan fingerprint density at radius 1 is 1.13 bits per heavy atom. The van der Waals surface area contributed by atoms with E-state index in [1.165, 1.54) is 12.1 Å². The lowest BCUT2D eigenvalue weighted by Crippen LogP contribution is -2.48. The monoisotopic (exact) mass is 426 g/mol. The maximum Gasteiger partial charge on any atom is 0.451 e. The number of rotatable bonds is 12. The molecule has 0 saturated carbocycles. The van der Waals surface area contributed by atoms with E-state index in [4.69, 9.17) is 15.8 Å². The van der Waals surface area contributed by atoms with Crippen LogP contribution in [0.1, 0.15) is 50.5 Å². The number of piperidine rings is 1. The van der Waals surface area contributed by atoms with Crippen molar-refractivity contribution in [1.29, 1.82) is 0 Å². The largest absolute Gasteiger partial charge is 0.480 e. The average molecular weight is 426 g/mol. The van der Waals surface area contributed by atoms with Crippen LogP contribution in [-0.4, -0.2) is 58.3 Å². The Balaban J connectivity index is 1.69. The molecule has 5 N–H and O–H groups in total.